The van der Waals surface area contributed by atoms with Gasteiger partial charge in [-0.25, -0.2) is 0 Å². The molecule has 0 bridgehead atoms. The van der Waals surface area contributed by atoms with E-state index in [0.29, 0.717) is 142 Å². The molecule has 6 unspecified atom stereocenters. The average molecular weight is 2000 g/mol. The maximum absolute atomic E-state index is 14.6. The van der Waals surface area contributed by atoms with E-state index in [1.807, 2.05) is 59.5 Å². The van der Waals surface area contributed by atoms with Crippen molar-refractivity contribution >= 4 is 83.2 Å². The molecule has 3 aromatic carbocycles. The van der Waals surface area contributed by atoms with Gasteiger partial charge in [0.2, 0.25) is 35.4 Å². The number of aliphatic hydroxyl groups is 1. The molecule has 3 heterocycles. The Morgan fingerprint density at radius 2 is 0.646 bits per heavy atom. The predicted octanol–water partition coefficient (Wildman–Crippen LogP) is 6.20. The number of carbonyl (C=O) groups excluding carboxylic acids is 14. The van der Waals surface area contributed by atoms with Gasteiger partial charge in [0.1, 0.15) is 62.4 Å². The van der Waals surface area contributed by atoms with Crippen LogP contribution in [0.5, 0.6) is 0 Å². The van der Waals surface area contributed by atoms with Crippen LogP contribution in [0.15, 0.2) is 91.0 Å². The summed E-state index contributed by atoms with van der Waals surface area (Å²) in [5.41, 5.74) is 2.24. The molecule has 1 radical (unpaired) electrons. The standard InChI is InChI=1S/C90H131N7O29.Ac/c1-58(98)93-78-84(121-66(9)106)81(112)72(55-116-61(4)101)124-87(78)113-52-34-17-14-29-45-77(111)96(49-35-46-91-75(109)43-27-12-15-32-53-114-88-79(94-59(2)99)85(122-67(10)107)82(119-64(7)104)73(125-88)56-117-62(5)102)48-30-31-50-97(90(69-37-21-18-22-38-69,70-39-23-19-24-40-70)71-41-25-20-26-42-71)51-36-47-92-76(110)44-28-13-16-33-54-115-89-80(95-60(3)100)86(123-68(11)108)83(120-65(8)105)74(126-89)57-118-63(6)103;/h18-26,37-42,72-74,78-89,112H,12-17,27-36,43-57H2,1-11H3,(H,91,109)(H,92,110)(H,93,98)(H,94,99)(H,95,100);/t72?,73?,74?,78?,79?,80?,81-,82-,83-,84+,85+,86+,87+,88+,89+;/m0./s1. The summed E-state index contributed by atoms with van der Waals surface area (Å²) >= 11 is 0. The van der Waals surface area contributed by atoms with Gasteiger partial charge >= 0.3 is 47.8 Å². The van der Waals surface area contributed by atoms with Crippen LogP contribution in [-0.2, 0) is 139 Å². The largest absolute Gasteiger partial charge is 0.463 e. The van der Waals surface area contributed by atoms with Crippen molar-refractivity contribution in [2.24, 2.45) is 0 Å². The number of aliphatic hydroxyl groups excluding tert-OH is 1. The second-order valence-corrected chi connectivity index (χ2v) is 31.5. The first kappa shape index (κ1) is 109. The van der Waals surface area contributed by atoms with Gasteiger partial charge in [-0.15, -0.1) is 0 Å². The molecule has 6 N–H and O–H groups in total. The van der Waals surface area contributed by atoms with Crippen LogP contribution in [0.25, 0.3) is 0 Å². The average Bonchev–Trinajstić information content (AvgIpc) is 0.738. The summed E-state index contributed by atoms with van der Waals surface area (Å²) in [6.07, 6.45) is -4.86. The summed E-state index contributed by atoms with van der Waals surface area (Å²) < 4.78 is 79.8. The molecule has 3 aromatic rings. The number of unbranched alkanes of at least 4 members (excludes halogenated alkanes) is 10. The summed E-state index contributed by atoms with van der Waals surface area (Å²) in [5, 5.41) is 25.4. The molecule has 0 aliphatic carbocycles. The third-order valence-corrected chi connectivity index (χ3v) is 21.0. The first-order chi connectivity index (χ1) is 60.3. The maximum atomic E-state index is 14.6. The summed E-state index contributed by atoms with van der Waals surface area (Å²) in [6.45, 7) is 14.9. The molecule has 703 valence electrons. The molecule has 0 aromatic heterocycles. The molecule has 3 fully saturated rings. The third kappa shape index (κ3) is 38.5. The van der Waals surface area contributed by atoms with Gasteiger partial charge in [-0.3, -0.25) is 72.0 Å². The minimum absolute atomic E-state index is 0. The van der Waals surface area contributed by atoms with Crippen molar-refractivity contribution in [3.05, 3.63) is 108 Å². The van der Waals surface area contributed by atoms with Crippen LogP contribution >= 0.6 is 0 Å². The zero-order chi connectivity index (χ0) is 92.1. The summed E-state index contributed by atoms with van der Waals surface area (Å²) in [4.78, 5) is 180. The molecular formula is C90H131AcN7O29. The van der Waals surface area contributed by atoms with Gasteiger partial charge in [0.25, 0.3) is 0 Å². The monoisotopic (exact) mass is 2000 g/mol. The number of hydrogen-bond donors (Lipinski definition) is 6. The van der Waals surface area contributed by atoms with Gasteiger partial charge in [-0.05, 0) is 87.4 Å². The Balaban J connectivity index is 0.0000286. The van der Waals surface area contributed by atoms with Gasteiger partial charge in [-0.2, -0.15) is 0 Å². The molecular weight excluding hydrogens is 1870 g/mol. The Morgan fingerprint density at radius 3 is 1.01 bits per heavy atom. The zero-order valence-electron chi connectivity index (χ0n) is 75.1. The third-order valence-electron chi connectivity index (χ3n) is 21.0. The van der Waals surface area contributed by atoms with E-state index >= 15 is 0 Å². The molecule has 3 aliphatic rings. The number of esters is 8. The number of benzene rings is 3. The number of rotatable bonds is 55. The number of hydrogen-bond acceptors (Lipinski definition) is 30. The summed E-state index contributed by atoms with van der Waals surface area (Å²) in [6, 6.07) is 27.5. The van der Waals surface area contributed by atoms with Crippen molar-refractivity contribution < 1.29 is 183 Å². The second kappa shape index (κ2) is 58.8. The first-order valence-electron chi connectivity index (χ1n) is 43.6. The van der Waals surface area contributed by atoms with Gasteiger partial charge in [-0.1, -0.05) is 130 Å². The Morgan fingerprint density at radius 1 is 0.346 bits per heavy atom. The van der Waals surface area contributed by atoms with Crippen molar-refractivity contribution in [2.75, 3.05) is 78.9 Å². The fourth-order valence-electron chi connectivity index (χ4n) is 15.6. The Hall–Kier alpha value is -8.64. The van der Waals surface area contributed by atoms with Crippen LogP contribution < -0.4 is 26.6 Å². The molecule has 127 heavy (non-hydrogen) atoms. The number of amides is 6. The Kier molecular flexibility index (Phi) is 50.4. The molecule has 6 amide bonds. The molecule has 36 nitrogen and oxygen atoms in total. The van der Waals surface area contributed by atoms with Crippen LogP contribution in [0.3, 0.4) is 0 Å². The molecule has 6 rings (SSSR count). The topological polar surface area (TPSA) is 455 Å². The van der Waals surface area contributed by atoms with Crippen molar-refractivity contribution in [1.82, 2.24) is 36.4 Å². The van der Waals surface area contributed by atoms with E-state index in [0.717, 1.165) is 51.3 Å². The number of carbonyl (C=O) groups is 14. The maximum Gasteiger partial charge on any atom is 0.303 e. The Labute approximate surface area is 779 Å². The van der Waals surface area contributed by atoms with Gasteiger partial charge in [0, 0.05) is 192 Å². The van der Waals surface area contributed by atoms with Gasteiger partial charge in [0.15, 0.2) is 49.4 Å². The number of ether oxygens (including phenoxy) is 14. The summed E-state index contributed by atoms with van der Waals surface area (Å²) in [7, 11) is 0. The van der Waals surface area contributed by atoms with E-state index in [-0.39, 0.29) is 121 Å². The quantitative estimate of drug-likeness (QED) is 0.0158. The molecule has 37 heteroatoms. The van der Waals surface area contributed by atoms with Crippen LogP contribution in [0, 0.1) is 44.1 Å². The minimum atomic E-state index is -1.48. The SMILES string of the molecule is CC(=O)NC1[C@H](OCCCCCCC(=O)N(CCCCN(CCCNC(=O)CCCCCCO[C@@H]2OC(COC(C)=O)[C@H](OC(C)=O)[C@H](OC(C)=O)C2NC(C)=O)C(c2ccccc2)(c2ccccc2)c2ccccc2)CCCNC(=O)CCCCCCO[C@@H]2OC(COC(C)=O)[C@H](OC(C)=O)[C@H](OC(C)=O)C2NC(C)=O)OC(COC(C)=O)[C@H](O)[C@@H]1OC(C)=O.[Ac]. The Bertz CT molecular complexity index is 3830. The van der Waals surface area contributed by atoms with E-state index in [4.69, 9.17) is 66.3 Å². The zero-order valence-corrected chi connectivity index (χ0v) is 79.8. The van der Waals surface area contributed by atoms with E-state index in [2.05, 4.69) is 67.9 Å². The van der Waals surface area contributed by atoms with E-state index in [1.54, 1.807) is 0 Å². The van der Waals surface area contributed by atoms with E-state index in [9.17, 15) is 72.2 Å². The molecule has 0 saturated carbocycles. The first-order valence-corrected chi connectivity index (χ1v) is 43.6. The van der Waals surface area contributed by atoms with Crippen LogP contribution in [0.1, 0.15) is 215 Å². The van der Waals surface area contributed by atoms with Crippen molar-refractivity contribution in [1.29, 1.82) is 0 Å². The van der Waals surface area contributed by atoms with Crippen LogP contribution in [0.2, 0.25) is 0 Å². The fourth-order valence-corrected chi connectivity index (χ4v) is 15.6. The fraction of sp³-hybridized carbons (Fsp3) is 0.644. The van der Waals surface area contributed by atoms with Gasteiger partial charge in [0.05, 0.1) is 5.54 Å². The molecule has 3 saturated heterocycles. The molecule has 0 spiro atoms. The van der Waals surface area contributed by atoms with Crippen molar-refractivity contribution in [2.45, 2.75) is 296 Å². The molecule has 15 atom stereocenters. The van der Waals surface area contributed by atoms with E-state index < -0.39 is 163 Å². The normalized spacial score (nSPS) is 21.9. The summed E-state index contributed by atoms with van der Waals surface area (Å²) in [5.74, 6) is -7.41. The number of nitrogens with one attached hydrogen (secondary N) is 5. The molecule has 3 aliphatic heterocycles. The van der Waals surface area contributed by atoms with Crippen LogP contribution in [-0.4, -0.2) is 269 Å². The predicted molar refractivity (Wildman–Crippen MR) is 451 cm³/mol. The number of nitrogens with zero attached hydrogens (tertiary/aromatic N) is 2. The van der Waals surface area contributed by atoms with E-state index in [1.165, 1.54) is 41.5 Å². The van der Waals surface area contributed by atoms with Crippen molar-refractivity contribution in [3.63, 3.8) is 0 Å². The second-order valence-electron chi connectivity index (χ2n) is 31.5. The minimum Gasteiger partial charge on any atom is -0.463 e. The smallest absolute Gasteiger partial charge is 0.303 e. The van der Waals surface area contributed by atoms with Gasteiger partial charge < -0.3 is 103 Å². The van der Waals surface area contributed by atoms with Crippen LogP contribution in [0.4, 0.5) is 0 Å². The van der Waals surface area contributed by atoms with Crippen molar-refractivity contribution in [3.8, 4) is 0 Å².